The van der Waals surface area contributed by atoms with Crippen molar-refractivity contribution >= 4 is 15.9 Å². The molecule has 3 rings (SSSR count). The number of sulfonamides is 1. The van der Waals surface area contributed by atoms with E-state index in [1.807, 2.05) is 13.0 Å². The Balaban J connectivity index is 1.62. The molecule has 2 aromatic rings. The Morgan fingerprint density at radius 1 is 0.969 bits per heavy atom. The van der Waals surface area contributed by atoms with Crippen LogP contribution in [0.25, 0.3) is 0 Å². The number of hydrogen-bond acceptors (Lipinski definition) is 6. The summed E-state index contributed by atoms with van der Waals surface area (Å²) >= 11 is 0. The second kappa shape index (κ2) is 10.2. The summed E-state index contributed by atoms with van der Waals surface area (Å²) < 4.78 is 43.1. The molecule has 1 aliphatic heterocycles. The third-order valence-electron chi connectivity index (χ3n) is 5.78. The maximum absolute atomic E-state index is 12.9. The van der Waals surface area contributed by atoms with Crippen LogP contribution >= 0.6 is 0 Å². The van der Waals surface area contributed by atoms with Crippen molar-refractivity contribution in [2.45, 2.75) is 30.7 Å². The first-order valence-corrected chi connectivity index (χ1v) is 11.9. The Morgan fingerprint density at radius 3 is 2.12 bits per heavy atom. The van der Waals surface area contributed by atoms with E-state index in [1.165, 1.54) is 23.5 Å². The third-order valence-corrected chi connectivity index (χ3v) is 7.70. The number of nitrogens with one attached hydrogen (secondary N) is 1. The fraction of sp³-hybridized carbons (Fsp3) is 0.435. The summed E-state index contributed by atoms with van der Waals surface area (Å²) in [5.41, 5.74) is 0.819. The smallest absolute Gasteiger partial charge is 0.243 e. The molecular formula is C23H30N2O6S. The molecular weight excluding hydrogens is 432 g/mol. The lowest BCUT2D eigenvalue weighted by atomic mass is 9.96. The molecule has 174 valence electrons. The van der Waals surface area contributed by atoms with Gasteiger partial charge in [0.25, 0.3) is 0 Å². The van der Waals surface area contributed by atoms with Crippen LogP contribution in [0, 0.1) is 5.92 Å². The Labute approximate surface area is 189 Å². The number of carbonyl (C=O) groups is 1. The molecule has 0 bridgehead atoms. The molecule has 1 aliphatic rings. The van der Waals surface area contributed by atoms with Gasteiger partial charge < -0.3 is 19.5 Å². The molecule has 1 saturated heterocycles. The molecule has 1 atom stereocenters. The topological polar surface area (TPSA) is 94.2 Å². The molecule has 1 N–H and O–H groups in total. The van der Waals surface area contributed by atoms with E-state index in [9.17, 15) is 13.2 Å². The highest BCUT2D eigenvalue weighted by atomic mass is 32.2. The number of methoxy groups -OCH3 is 3. The summed E-state index contributed by atoms with van der Waals surface area (Å²) in [4.78, 5) is 13.1. The van der Waals surface area contributed by atoms with Crippen LogP contribution in [-0.4, -0.2) is 53.0 Å². The fourth-order valence-electron chi connectivity index (χ4n) is 3.84. The van der Waals surface area contributed by atoms with E-state index in [0.29, 0.717) is 43.2 Å². The highest BCUT2D eigenvalue weighted by Gasteiger charge is 2.32. The van der Waals surface area contributed by atoms with Crippen LogP contribution in [0.2, 0.25) is 0 Å². The van der Waals surface area contributed by atoms with Crippen molar-refractivity contribution in [3.8, 4) is 17.2 Å². The second-order valence-corrected chi connectivity index (χ2v) is 9.63. The zero-order valence-corrected chi connectivity index (χ0v) is 19.6. The second-order valence-electron chi connectivity index (χ2n) is 7.69. The van der Waals surface area contributed by atoms with Crippen molar-refractivity contribution in [3.05, 3.63) is 48.0 Å². The maximum atomic E-state index is 12.9. The summed E-state index contributed by atoms with van der Waals surface area (Å²) in [5.74, 6) is 1.60. The van der Waals surface area contributed by atoms with E-state index in [1.54, 1.807) is 38.5 Å². The minimum Gasteiger partial charge on any atom is -0.497 e. The first kappa shape index (κ1) is 23.9. The minimum absolute atomic E-state index is 0.0936. The van der Waals surface area contributed by atoms with Crippen LogP contribution in [0.15, 0.2) is 47.4 Å². The van der Waals surface area contributed by atoms with Crippen LogP contribution in [-0.2, 0) is 14.8 Å². The number of piperidine rings is 1. The Bertz CT molecular complexity index is 1030. The lowest BCUT2D eigenvalue weighted by Crippen LogP contribution is -2.43. The van der Waals surface area contributed by atoms with E-state index >= 15 is 0 Å². The SMILES string of the molecule is COc1ccc(S(=O)(=O)N2CCC(C(=O)NC(C)c3cc(OC)ccc3OC)CC2)cc1. The minimum atomic E-state index is -3.60. The summed E-state index contributed by atoms with van der Waals surface area (Å²) in [7, 11) is 1.10. The summed E-state index contributed by atoms with van der Waals surface area (Å²) in [6.07, 6.45) is 0.923. The molecule has 32 heavy (non-hydrogen) atoms. The number of carbonyl (C=O) groups excluding carboxylic acids is 1. The van der Waals surface area contributed by atoms with Gasteiger partial charge in [-0.1, -0.05) is 0 Å². The van der Waals surface area contributed by atoms with Gasteiger partial charge in [0, 0.05) is 24.6 Å². The summed E-state index contributed by atoms with van der Waals surface area (Å²) in [5, 5.41) is 3.03. The Morgan fingerprint density at radius 2 is 1.56 bits per heavy atom. The molecule has 1 amide bonds. The predicted molar refractivity (Wildman–Crippen MR) is 121 cm³/mol. The monoisotopic (exact) mass is 462 g/mol. The van der Waals surface area contributed by atoms with Crippen molar-refractivity contribution < 1.29 is 27.4 Å². The molecule has 9 heteroatoms. The van der Waals surface area contributed by atoms with E-state index in [-0.39, 0.29) is 22.8 Å². The van der Waals surface area contributed by atoms with Crippen LogP contribution < -0.4 is 19.5 Å². The molecule has 1 unspecified atom stereocenters. The highest BCUT2D eigenvalue weighted by Crippen LogP contribution is 2.30. The van der Waals surface area contributed by atoms with Gasteiger partial charge >= 0.3 is 0 Å². The van der Waals surface area contributed by atoms with Gasteiger partial charge in [0.05, 0.1) is 32.3 Å². The van der Waals surface area contributed by atoms with E-state index < -0.39 is 10.0 Å². The van der Waals surface area contributed by atoms with Crippen molar-refractivity contribution in [2.24, 2.45) is 5.92 Å². The standard InChI is InChI=1S/C23H30N2O6S/c1-16(21-15-19(30-3)7-10-22(21)31-4)24-23(26)17-11-13-25(14-12-17)32(27,28)20-8-5-18(29-2)6-9-20/h5-10,15-17H,11-14H2,1-4H3,(H,24,26). The zero-order valence-electron chi connectivity index (χ0n) is 18.8. The van der Waals surface area contributed by atoms with Crippen LogP contribution in [0.3, 0.4) is 0 Å². The van der Waals surface area contributed by atoms with Crippen molar-refractivity contribution in [1.29, 1.82) is 0 Å². The van der Waals surface area contributed by atoms with Crippen molar-refractivity contribution in [3.63, 3.8) is 0 Å². The largest absolute Gasteiger partial charge is 0.497 e. The molecule has 1 fully saturated rings. The Hall–Kier alpha value is -2.78. The first-order valence-electron chi connectivity index (χ1n) is 10.5. The average molecular weight is 463 g/mol. The zero-order chi connectivity index (χ0) is 23.3. The van der Waals surface area contributed by atoms with Gasteiger partial charge in [-0.15, -0.1) is 0 Å². The average Bonchev–Trinajstić information content (AvgIpc) is 2.83. The summed E-state index contributed by atoms with van der Waals surface area (Å²) in [6, 6.07) is 11.5. The Kier molecular flexibility index (Phi) is 7.63. The molecule has 1 heterocycles. The van der Waals surface area contributed by atoms with Crippen LogP contribution in [0.1, 0.15) is 31.4 Å². The number of hydrogen-bond donors (Lipinski definition) is 1. The molecule has 0 saturated carbocycles. The lowest BCUT2D eigenvalue weighted by molar-refractivity contribution is -0.126. The van der Waals surface area contributed by atoms with E-state index in [0.717, 1.165) is 5.56 Å². The van der Waals surface area contributed by atoms with Crippen molar-refractivity contribution in [2.75, 3.05) is 34.4 Å². The van der Waals surface area contributed by atoms with E-state index in [4.69, 9.17) is 14.2 Å². The molecule has 0 aromatic heterocycles. The number of nitrogens with zero attached hydrogens (tertiary/aromatic N) is 1. The molecule has 8 nitrogen and oxygen atoms in total. The predicted octanol–water partition coefficient (Wildman–Crippen LogP) is 2.99. The van der Waals surface area contributed by atoms with Gasteiger partial charge in [-0.3, -0.25) is 4.79 Å². The number of rotatable bonds is 8. The lowest BCUT2D eigenvalue weighted by Gasteiger charge is -2.31. The van der Waals surface area contributed by atoms with Crippen LogP contribution in [0.4, 0.5) is 0 Å². The van der Waals surface area contributed by atoms with Gasteiger partial charge in [0.15, 0.2) is 0 Å². The normalized spacial score (nSPS) is 16.2. The van der Waals surface area contributed by atoms with Crippen molar-refractivity contribution in [1.82, 2.24) is 9.62 Å². The van der Waals surface area contributed by atoms with Gasteiger partial charge in [-0.25, -0.2) is 8.42 Å². The quantitative estimate of drug-likeness (QED) is 0.648. The summed E-state index contributed by atoms with van der Waals surface area (Å²) in [6.45, 7) is 2.48. The fourth-order valence-corrected chi connectivity index (χ4v) is 5.31. The number of amides is 1. The molecule has 0 radical (unpaired) electrons. The third kappa shape index (κ3) is 5.16. The first-order chi connectivity index (χ1) is 15.3. The molecule has 0 spiro atoms. The number of benzene rings is 2. The van der Waals surface area contributed by atoms with Crippen LogP contribution in [0.5, 0.6) is 17.2 Å². The number of ether oxygens (including phenoxy) is 3. The van der Waals surface area contributed by atoms with Gasteiger partial charge in [0.2, 0.25) is 15.9 Å². The van der Waals surface area contributed by atoms with E-state index in [2.05, 4.69) is 5.32 Å². The van der Waals surface area contributed by atoms with Gasteiger partial charge in [-0.05, 0) is 62.2 Å². The highest BCUT2D eigenvalue weighted by molar-refractivity contribution is 7.89. The maximum Gasteiger partial charge on any atom is 0.243 e. The molecule has 0 aliphatic carbocycles. The van der Waals surface area contributed by atoms with Gasteiger partial charge in [0.1, 0.15) is 17.2 Å². The molecule has 2 aromatic carbocycles. The van der Waals surface area contributed by atoms with Gasteiger partial charge in [-0.2, -0.15) is 4.31 Å².